The highest BCUT2D eigenvalue weighted by Gasteiger charge is 2.03. The summed E-state index contributed by atoms with van der Waals surface area (Å²) in [4.78, 5) is 2.17. The molecular weight excluding hydrogens is 198 g/mol. The molecule has 16 heavy (non-hydrogen) atoms. The summed E-state index contributed by atoms with van der Waals surface area (Å²) in [5, 5.41) is 8.78. The number of benzene rings is 1. The molecule has 1 aromatic carbocycles. The molecule has 1 aromatic rings. The second-order valence-corrected chi connectivity index (χ2v) is 4.01. The van der Waals surface area contributed by atoms with Crippen molar-refractivity contribution in [3.05, 3.63) is 23.8 Å². The van der Waals surface area contributed by atoms with Gasteiger partial charge >= 0.3 is 0 Å². The molecule has 0 amide bonds. The second-order valence-electron chi connectivity index (χ2n) is 4.01. The van der Waals surface area contributed by atoms with Crippen molar-refractivity contribution >= 4 is 11.4 Å². The largest absolute Gasteiger partial charge is 0.398 e. The van der Waals surface area contributed by atoms with Crippen molar-refractivity contribution in [2.45, 2.75) is 26.2 Å². The number of nitrogens with two attached hydrogens (primary N) is 1. The van der Waals surface area contributed by atoms with Crippen molar-refractivity contribution in [2.24, 2.45) is 0 Å². The Labute approximate surface area is 97.5 Å². The third-order valence-corrected chi connectivity index (χ3v) is 2.69. The van der Waals surface area contributed by atoms with Gasteiger partial charge in [0.15, 0.2) is 0 Å². The molecule has 0 aliphatic rings. The molecule has 0 bridgehead atoms. The van der Waals surface area contributed by atoms with Crippen LogP contribution in [0.5, 0.6) is 0 Å². The molecule has 0 spiro atoms. The van der Waals surface area contributed by atoms with Gasteiger partial charge in [0.05, 0.1) is 11.3 Å². The SMILES string of the molecule is CCCCCN(C)c1ccc(C#N)c(N)c1. The van der Waals surface area contributed by atoms with E-state index in [1.807, 2.05) is 12.1 Å². The number of nitrogen functional groups attached to an aromatic ring is 1. The Hall–Kier alpha value is -1.69. The van der Waals surface area contributed by atoms with Gasteiger partial charge in [-0.05, 0) is 24.6 Å². The number of rotatable bonds is 5. The number of unbranched alkanes of at least 4 members (excludes halogenated alkanes) is 2. The smallest absolute Gasteiger partial charge is 0.101 e. The lowest BCUT2D eigenvalue weighted by molar-refractivity contribution is 0.705. The van der Waals surface area contributed by atoms with Crippen LogP contribution in [0.2, 0.25) is 0 Å². The number of hydrogen-bond donors (Lipinski definition) is 1. The molecule has 0 aromatic heterocycles. The number of nitrogens with zero attached hydrogens (tertiary/aromatic N) is 2. The van der Waals surface area contributed by atoms with E-state index < -0.39 is 0 Å². The van der Waals surface area contributed by atoms with Crippen LogP contribution in [0, 0.1) is 11.3 Å². The Morgan fingerprint density at radius 2 is 2.12 bits per heavy atom. The van der Waals surface area contributed by atoms with E-state index in [-0.39, 0.29) is 0 Å². The van der Waals surface area contributed by atoms with E-state index in [0.717, 1.165) is 12.2 Å². The van der Waals surface area contributed by atoms with Gasteiger partial charge in [-0.3, -0.25) is 0 Å². The zero-order chi connectivity index (χ0) is 12.0. The third-order valence-electron chi connectivity index (χ3n) is 2.69. The van der Waals surface area contributed by atoms with E-state index in [1.54, 1.807) is 6.07 Å². The van der Waals surface area contributed by atoms with Crippen LogP contribution in [0.1, 0.15) is 31.7 Å². The van der Waals surface area contributed by atoms with Crippen molar-refractivity contribution in [2.75, 3.05) is 24.2 Å². The van der Waals surface area contributed by atoms with Crippen molar-refractivity contribution in [3.8, 4) is 6.07 Å². The maximum absolute atomic E-state index is 8.78. The molecule has 3 heteroatoms. The molecule has 0 saturated heterocycles. The summed E-state index contributed by atoms with van der Waals surface area (Å²) >= 11 is 0. The van der Waals surface area contributed by atoms with Crippen LogP contribution in [0.4, 0.5) is 11.4 Å². The fourth-order valence-electron chi connectivity index (χ4n) is 1.62. The first-order valence-corrected chi connectivity index (χ1v) is 5.69. The molecule has 0 radical (unpaired) electrons. The maximum atomic E-state index is 8.78. The summed E-state index contributed by atoms with van der Waals surface area (Å²) in [6.07, 6.45) is 3.66. The molecule has 0 aliphatic carbocycles. The summed E-state index contributed by atoms with van der Waals surface area (Å²) in [6.45, 7) is 3.22. The van der Waals surface area contributed by atoms with E-state index in [2.05, 4.69) is 24.9 Å². The fourth-order valence-corrected chi connectivity index (χ4v) is 1.62. The molecule has 86 valence electrons. The second kappa shape index (κ2) is 6.02. The number of nitriles is 1. The molecule has 0 unspecified atom stereocenters. The Morgan fingerprint density at radius 3 is 2.69 bits per heavy atom. The van der Waals surface area contributed by atoms with Gasteiger partial charge in [0.25, 0.3) is 0 Å². The first-order chi connectivity index (χ1) is 7.69. The summed E-state index contributed by atoms with van der Waals surface area (Å²) in [6, 6.07) is 7.66. The van der Waals surface area contributed by atoms with Gasteiger partial charge in [-0.2, -0.15) is 5.26 Å². The third kappa shape index (κ3) is 3.16. The average Bonchev–Trinajstić information content (AvgIpc) is 2.29. The zero-order valence-electron chi connectivity index (χ0n) is 10.0. The normalized spacial score (nSPS) is 9.81. The van der Waals surface area contributed by atoms with Gasteiger partial charge in [0.1, 0.15) is 6.07 Å². The highest BCUT2D eigenvalue weighted by molar-refractivity contribution is 5.63. The fraction of sp³-hybridized carbons (Fsp3) is 0.462. The first-order valence-electron chi connectivity index (χ1n) is 5.69. The molecule has 0 aliphatic heterocycles. The number of hydrogen-bond acceptors (Lipinski definition) is 3. The molecule has 2 N–H and O–H groups in total. The van der Waals surface area contributed by atoms with Gasteiger partial charge in [0, 0.05) is 19.3 Å². The van der Waals surface area contributed by atoms with E-state index in [4.69, 9.17) is 11.0 Å². The van der Waals surface area contributed by atoms with Crippen molar-refractivity contribution < 1.29 is 0 Å². The molecule has 0 atom stereocenters. The summed E-state index contributed by atoms with van der Waals surface area (Å²) in [7, 11) is 2.05. The molecule has 0 fully saturated rings. The number of anilines is 2. The molecule has 1 rings (SSSR count). The molecule has 3 nitrogen and oxygen atoms in total. The maximum Gasteiger partial charge on any atom is 0.101 e. The van der Waals surface area contributed by atoms with E-state index in [0.29, 0.717) is 11.3 Å². The Kier molecular flexibility index (Phi) is 4.65. The van der Waals surface area contributed by atoms with E-state index >= 15 is 0 Å². The minimum atomic E-state index is 0.547. The Balaban J connectivity index is 2.66. The van der Waals surface area contributed by atoms with Crippen molar-refractivity contribution in [1.82, 2.24) is 0 Å². The van der Waals surface area contributed by atoms with Crippen molar-refractivity contribution in [1.29, 1.82) is 5.26 Å². The zero-order valence-corrected chi connectivity index (χ0v) is 10.0. The first kappa shape index (κ1) is 12.4. The van der Waals surface area contributed by atoms with Crippen LogP contribution in [-0.2, 0) is 0 Å². The highest BCUT2D eigenvalue weighted by Crippen LogP contribution is 2.20. The summed E-state index contributed by atoms with van der Waals surface area (Å²) in [5.74, 6) is 0. The Bertz CT molecular complexity index is 379. The van der Waals surface area contributed by atoms with Gasteiger partial charge < -0.3 is 10.6 Å². The van der Waals surface area contributed by atoms with Crippen molar-refractivity contribution in [3.63, 3.8) is 0 Å². The topological polar surface area (TPSA) is 53.0 Å². The van der Waals surface area contributed by atoms with Gasteiger partial charge in [-0.1, -0.05) is 19.8 Å². The van der Waals surface area contributed by atoms with Gasteiger partial charge in [0.2, 0.25) is 0 Å². The Morgan fingerprint density at radius 1 is 1.38 bits per heavy atom. The molecule has 0 heterocycles. The van der Waals surface area contributed by atoms with E-state index in [9.17, 15) is 0 Å². The van der Waals surface area contributed by atoms with Crippen LogP contribution in [0.3, 0.4) is 0 Å². The lowest BCUT2D eigenvalue weighted by Gasteiger charge is -2.19. The van der Waals surface area contributed by atoms with Crippen LogP contribution in [0.15, 0.2) is 18.2 Å². The minimum Gasteiger partial charge on any atom is -0.398 e. The summed E-state index contributed by atoms with van der Waals surface area (Å²) in [5.41, 5.74) is 7.96. The lowest BCUT2D eigenvalue weighted by atomic mass is 10.1. The van der Waals surface area contributed by atoms with E-state index in [1.165, 1.54) is 19.3 Å². The standard InChI is InChI=1S/C13H19N3/c1-3-4-5-8-16(2)12-7-6-11(10-14)13(15)9-12/h6-7,9H,3-5,8,15H2,1-2H3. The minimum absolute atomic E-state index is 0.547. The predicted molar refractivity (Wildman–Crippen MR) is 68.4 cm³/mol. The molecule has 0 saturated carbocycles. The predicted octanol–water partition coefficient (Wildman–Crippen LogP) is 2.77. The van der Waals surface area contributed by atoms with Crippen LogP contribution >= 0.6 is 0 Å². The molecular formula is C13H19N3. The average molecular weight is 217 g/mol. The van der Waals surface area contributed by atoms with Gasteiger partial charge in [-0.15, -0.1) is 0 Å². The van der Waals surface area contributed by atoms with Crippen LogP contribution in [-0.4, -0.2) is 13.6 Å². The quantitative estimate of drug-likeness (QED) is 0.609. The summed E-state index contributed by atoms with van der Waals surface area (Å²) < 4.78 is 0. The highest BCUT2D eigenvalue weighted by atomic mass is 15.1. The van der Waals surface area contributed by atoms with Crippen LogP contribution < -0.4 is 10.6 Å². The lowest BCUT2D eigenvalue weighted by Crippen LogP contribution is -2.18. The monoisotopic (exact) mass is 217 g/mol. The van der Waals surface area contributed by atoms with Gasteiger partial charge in [-0.25, -0.2) is 0 Å². The van der Waals surface area contributed by atoms with Crippen LogP contribution in [0.25, 0.3) is 0 Å².